The summed E-state index contributed by atoms with van der Waals surface area (Å²) in [7, 11) is 0. The fourth-order valence-corrected chi connectivity index (χ4v) is 1.87. The normalized spacial score (nSPS) is 10.5. The fraction of sp³-hybridized carbons (Fsp3) is 0.143. The molecular formula is C14H13FO2. The number of aromatic hydroxyl groups is 2. The molecule has 2 aromatic rings. The van der Waals surface area contributed by atoms with Crippen molar-refractivity contribution in [3.8, 4) is 22.6 Å². The minimum Gasteiger partial charge on any atom is -0.508 e. The van der Waals surface area contributed by atoms with Gasteiger partial charge in [0.05, 0.1) is 0 Å². The molecule has 0 fully saturated rings. The summed E-state index contributed by atoms with van der Waals surface area (Å²) >= 11 is 0. The average molecular weight is 232 g/mol. The molecule has 2 N–H and O–H groups in total. The Morgan fingerprint density at radius 1 is 1.00 bits per heavy atom. The molecular weight excluding hydrogens is 219 g/mol. The van der Waals surface area contributed by atoms with Crippen molar-refractivity contribution in [3.63, 3.8) is 0 Å². The Labute approximate surface area is 99.0 Å². The summed E-state index contributed by atoms with van der Waals surface area (Å²) in [4.78, 5) is 0. The molecule has 2 rings (SSSR count). The van der Waals surface area contributed by atoms with Crippen molar-refractivity contribution in [2.45, 2.75) is 13.3 Å². The van der Waals surface area contributed by atoms with Crippen molar-refractivity contribution < 1.29 is 14.6 Å². The summed E-state index contributed by atoms with van der Waals surface area (Å²) in [5.74, 6) is -0.728. The zero-order valence-corrected chi connectivity index (χ0v) is 9.44. The lowest BCUT2D eigenvalue weighted by Crippen LogP contribution is -1.93. The van der Waals surface area contributed by atoms with E-state index in [0.29, 0.717) is 12.0 Å². The molecule has 0 aliphatic heterocycles. The number of phenols is 2. The van der Waals surface area contributed by atoms with Crippen molar-refractivity contribution in [2.75, 3.05) is 0 Å². The molecule has 0 spiro atoms. The molecule has 0 saturated carbocycles. The van der Waals surface area contributed by atoms with Gasteiger partial charge >= 0.3 is 0 Å². The van der Waals surface area contributed by atoms with Crippen molar-refractivity contribution in [2.24, 2.45) is 0 Å². The second-order valence-electron chi connectivity index (χ2n) is 3.83. The quantitative estimate of drug-likeness (QED) is 0.832. The van der Waals surface area contributed by atoms with Gasteiger partial charge in [-0.3, -0.25) is 0 Å². The molecule has 3 heteroatoms. The van der Waals surface area contributed by atoms with Gasteiger partial charge in [-0.25, -0.2) is 4.39 Å². The highest BCUT2D eigenvalue weighted by Gasteiger charge is 2.12. The molecule has 0 radical (unpaired) electrons. The van der Waals surface area contributed by atoms with Gasteiger partial charge in [0.2, 0.25) is 0 Å². The van der Waals surface area contributed by atoms with E-state index in [2.05, 4.69) is 0 Å². The number of rotatable bonds is 2. The maximum Gasteiger partial charge on any atom is 0.168 e. The molecule has 0 bridgehead atoms. The highest BCUT2D eigenvalue weighted by molar-refractivity contribution is 5.69. The summed E-state index contributed by atoms with van der Waals surface area (Å²) in [6.07, 6.45) is 0.496. The maximum atomic E-state index is 13.7. The minimum atomic E-state index is -0.571. The monoisotopic (exact) mass is 232 g/mol. The Bertz CT molecular complexity index is 533. The zero-order chi connectivity index (χ0) is 12.4. The van der Waals surface area contributed by atoms with Crippen LogP contribution >= 0.6 is 0 Å². The van der Waals surface area contributed by atoms with E-state index >= 15 is 0 Å². The molecule has 0 amide bonds. The second-order valence-corrected chi connectivity index (χ2v) is 3.83. The van der Waals surface area contributed by atoms with Crippen molar-refractivity contribution in [1.29, 1.82) is 0 Å². The Balaban J connectivity index is 2.59. The molecule has 0 aromatic heterocycles. The predicted octanol–water partition coefficient (Wildman–Crippen LogP) is 3.47. The molecule has 0 heterocycles. The van der Waals surface area contributed by atoms with E-state index < -0.39 is 5.82 Å². The number of hydrogen-bond acceptors (Lipinski definition) is 2. The number of halogens is 1. The van der Waals surface area contributed by atoms with E-state index in [-0.39, 0.29) is 11.5 Å². The van der Waals surface area contributed by atoms with E-state index in [1.54, 1.807) is 30.3 Å². The van der Waals surface area contributed by atoms with Gasteiger partial charge < -0.3 is 10.2 Å². The number of benzene rings is 2. The Kier molecular flexibility index (Phi) is 3.00. The number of hydrogen-bond donors (Lipinski definition) is 2. The minimum absolute atomic E-state index is 0.172. The summed E-state index contributed by atoms with van der Waals surface area (Å²) < 4.78 is 13.7. The highest BCUT2D eigenvalue weighted by atomic mass is 19.1. The molecule has 0 atom stereocenters. The molecule has 0 unspecified atom stereocenters. The molecule has 0 aliphatic rings. The van der Waals surface area contributed by atoms with Gasteiger partial charge in [-0.15, -0.1) is 0 Å². The molecule has 17 heavy (non-hydrogen) atoms. The van der Waals surface area contributed by atoms with Crippen LogP contribution in [-0.4, -0.2) is 10.2 Å². The SMILES string of the molecule is CCc1c(-c2ccc(O)cc2)ccc(O)c1F. The summed E-state index contributed by atoms with van der Waals surface area (Å²) in [5, 5.41) is 18.5. The van der Waals surface area contributed by atoms with Gasteiger partial charge in [0.1, 0.15) is 5.75 Å². The number of phenolic OH excluding ortho intramolecular Hbond substituents is 2. The first kappa shape index (κ1) is 11.5. The first-order chi connectivity index (χ1) is 8.13. The third-order valence-corrected chi connectivity index (χ3v) is 2.75. The summed E-state index contributed by atoms with van der Waals surface area (Å²) in [6, 6.07) is 9.58. The van der Waals surface area contributed by atoms with Crippen LogP contribution in [0.1, 0.15) is 12.5 Å². The van der Waals surface area contributed by atoms with E-state index in [4.69, 9.17) is 0 Å². The largest absolute Gasteiger partial charge is 0.508 e. The first-order valence-electron chi connectivity index (χ1n) is 5.43. The fourth-order valence-electron chi connectivity index (χ4n) is 1.87. The van der Waals surface area contributed by atoms with E-state index in [0.717, 1.165) is 11.1 Å². The van der Waals surface area contributed by atoms with Crippen LogP contribution in [0, 0.1) is 5.82 Å². The highest BCUT2D eigenvalue weighted by Crippen LogP contribution is 2.31. The van der Waals surface area contributed by atoms with Crippen LogP contribution in [0.25, 0.3) is 11.1 Å². The van der Waals surface area contributed by atoms with Crippen molar-refractivity contribution in [1.82, 2.24) is 0 Å². The van der Waals surface area contributed by atoms with E-state index in [1.165, 1.54) is 6.07 Å². The van der Waals surface area contributed by atoms with Gasteiger partial charge in [0.25, 0.3) is 0 Å². The van der Waals surface area contributed by atoms with Gasteiger partial charge in [-0.1, -0.05) is 25.1 Å². The first-order valence-corrected chi connectivity index (χ1v) is 5.43. The van der Waals surface area contributed by atoms with Crippen LogP contribution in [0.2, 0.25) is 0 Å². The molecule has 0 aliphatic carbocycles. The zero-order valence-electron chi connectivity index (χ0n) is 9.44. The van der Waals surface area contributed by atoms with E-state index in [1.807, 2.05) is 6.92 Å². The standard InChI is InChI=1S/C14H13FO2/c1-2-11-12(7-8-13(17)14(11)15)9-3-5-10(16)6-4-9/h3-8,16-17H,2H2,1H3. The van der Waals surface area contributed by atoms with Crippen molar-refractivity contribution in [3.05, 3.63) is 47.8 Å². The Morgan fingerprint density at radius 3 is 2.24 bits per heavy atom. The van der Waals surface area contributed by atoms with Crippen LogP contribution in [0.5, 0.6) is 11.5 Å². The Morgan fingerprint density at radius 2 is 1.65 bits per heavy atom. The predicted molar refractivity (Wildman–Crippen MR) is 64.5 cm³/mol. The van der Waals surface area contributed by atoms with Gasteiger partial charge in [-0.05, 0) is 41.3 Å². The maximum absolute atomic E-state index is 13.7. The van der Waals surface area contributed by atoms with Gasteiger partial charge in [0.15, 0.2) is 11.6 Å². The third kappa shape index (κ3) is 2.09. The lowest BCUT2D eigenvalue weighted by molar-refractivity contribution is 0.429. The summed E-state index contributed by atoms with van der Waals surface area (Å²) in [5.41, 5.74) is 2.04. The van der Waals surface area contributed by atoms with Crippen molar-refractivity contribution >= 4 is 0 Å². The Hall–Kier alpha value is -2.03. The summed E-state index contributed by atoms with van der Waals surface area (Å²) in [6.45, 7) is 1.84. The van der Waals surface area contributed by atoms with E-state index in [9.17, 15) is 14.6 Å². The van der Waals surface area contributed by atoms with Crippen LogP contribution in [0.3, 0.4) is 0 Å². The second kappa shape index (κ2) is 4.45. The van der Waals surface area contributed by atoms with Gasteiger partial charge in [0, 0.05) is 0 Å². The lowest BCUT2D eigenvalue weighted by Gasteiger charge is -2.10. The molecule has 2 aromatic carbocycles. The molecule has 0 saturated heterocycles. The van der Waals surface area contributed by atoms with Crippen LogP contribution in [0.4, 0.5) is 4.39 Å². The van der Waals surface area contributed by atoms with Gasteiger partial charge in [-0.2, -0.15) is 0 Å². The topological polar surface area (TPSA) is 40.5 Å². The van der Waals surface area contributed by atoms with Crippen LogP contribution in [0.15, 0.2) is 36.4 Å². The molecule has 88 valence electrons. The third-order valence-electron chi connectivity index (χ3n) is 2.75. The smallest absolute Gasteiger partial charge is 0.168 e. The van der Waals surface area contributed by atoms with Crippen LogP contribution in [-0.2, 0) is 6.42 Å². The lowest BCUT2D eigenvalue weighted by atomic mass is 9.97. The average Bonchev–Trinajstić information content (AvgIpc) is 2.34. The van der Waals surface area contributed by atoms with Crippen LogP contribution < -0.4 is 0 Å². The molecule has 2 nitrogen and oxygen atoms in total.